The third-order valence-electron chi connectivity index (χ3n) is 3.54. The monoisotopic (exact) mass is 261 g/mol. The minimum atomic E-state index is -0.119. The number of carbonyl (C=O) groups is 1. The smallest absolute Gasteiger partial charge is 0.319 e. The molecule has 2 N–H and O–H groups in total. The Morgan fingerprint density at radius 3 is 2.68 bits per heavy atom. The molecular formula is C15H23N3O. The molecule has 2 rings (SSSR count). The molecule has 1 aliphatic rings. The van der Waals surface area contributed by atoms with E-state index in [-0.39, 0.29) is 6.03 Å². The molecule has 0 radical (unpaired) electrons. The van der Waals surface area contributed by atoms with Gasteiger partial charge in [0, 0.05) is 18.8 Å². The summed E-state index contributed by atoms with van der Waals surface area (Å²) in [5, 5.41) is 5.80. The van der Waals surface area contributed by atoms with Gasteiger partial charge in [-0.25, -0.2) is 4.79 Å². The van der Waals surface area contributed by atoms with Crippen LogP contribution in [0.2, 0.25) is 0 Å². The van der Waals surface area contributed by atoms with E-state index in [9.17, 15) is 4.79 Å². The number of likely N-dealkylation sites (tertiary alicyclic amines) is 1. The van der Waals surface area contributed by atoms with Gasteiger partial charge in [0.25, 0.3) is 0 Å². The molecule has 0 spiro atoms. The summed E-state index contributed by atoms with van der Waals surface area (Å²) in [5.41, 5.74) is 3.18. The number of urea groups is 1. The van der Waals surface area contributed by atoms with Gasteiger partial charge in [0.2, 0.25) is 0 Å². The Labute approximate surface area is 115 Å². The zero-order valence-corrected chi connectivity index (χ0v) is 11.8. The summed E-state index contributed by atoms with van der Waals surface area (Å²) < 4.78 is 0. The van der Waals surface area contributed by atoms with Crippen LogP contribution in [0, 0.1) is 13.8 Å². The Hall–Kier alpha value is -1.55. The Morgan fingerprint density at radius 2 is 2.00 bits per heavy atom. The number of nitrogens with zero attached hydrogens (tertiary/aromatic N) is 1. The second kappa shape index (κ2) is 6.57. The van der Waals surface area contributed by atoms with Gasteiger partial charge >= 0.3 is 6.03 Å². The summed E-state index contributed by atoms with van der Waals surface area (Å²) in [6, 6.07) is 5.91. The van der Waals surface area contributed by atoms with E-state index in [1.165, 1.54) is 31.5 Å². The van der Waals surface area contributed by atoms with Gasteiger partial charge in [-0.1, -0.05) is 17.7 Å². The maximum atomic E-state index is 11.8. The van der Waals surface area contributed by atoms with Crippen LogP contribution < -0.4 is 10.6 Å². The Bertz CT molecular complexity index is 439. The van der Waals surface area contributed by atoms with Gasteiger partial charge in [0.15, 0.2) is 0 Å². The average molecular weight is 261 g/mol. The van der Waals surface area contributed by atoms with Gasteiger partial charge in [0.1, 0.15) is 0 Å². The van der Waals surface area contributed by atoms with E-state index >= 15 is 0 Å². The van der Waals surface area contributed by atoms with E-state index in [0.29, 0.717) is 6.54 Å². The van der Waals surface area contributed by atoms with Gasteiger partial charge in [0.05, 0.1) is 0 Å². The molecule has 0 aromatic heterocycles. The minimum absolute atomic E-state index is 0.119. The van der Waals surface area contributed by atoms with Crippen molar-refractivity contribution in [2.45, 2.75) is 26.7 Å². The molecule has 1 aromatic carbocycles. The van der Waals surface area contributed by atoms with Crippen LogP contribution in [0.3, 0.4) is 0 Å². The van der Waals surface area contributed by atoms with Crippen LogP contribution in [0.25, 0.3) is 0 Å². The van der Waals surface area contributed by atoms with Crippen molar-refractivity contribution in [3.63, 3.8) is 0 Å². The molecule has 4 nitrogen and oxygen atoms in total. The molecule has 2 amide bonds. The highest BCUT2D eigenvalue weighted by Gasteiger charge is 2.11. The molecule has 0 aliphatic carbocycles. The molecule has 1 fully saturated rings. The highest BCUT2D eigenvalue weighted by Crippen LogP contribution is 2.15. The van der Waals surface area contributed by atoms with Crippen LogP contribution in [0.4, 0.5) is 10.5 Å². The van der Waals surface area contributed by atoms with Crippen molar-refractivity contribution in [1.29, 1.82) is 0 Å². The summed E-state index contributed by atoms with van der Waals surface area (Å²) >= 11 is 0. The van der Waals surface area contributed by atoms with E-state index in [2.05, 4.69) is 21.6 Å². The maximum Gasteiger partial charge on any atom is 0.319 e. The summed E-state index contributed by atoms with van der Waals surface area (Å²) in [6.45, 7) is 8.04. The number of hydrogen-bond donors (Lipinski definition) is 2. The van der Waals surface area contributed by atoms with Crippen LogP contribution >= 0.6 is 0 Å². The van der Waals surface area contributed by atoms with Crippen LogP contribution in [0.1, 0.15) is 24.0 Å². The second-order valence-corrected chi connectivity index (χ2v) is 5.25. The first-order chi connectivity index (χ1) is 9.15. The van der Waals surface area contributed by atoms with Gasteiger partial charge < -0.3 is 15.5 Å². The Morgan fingerprint density at radius 1 is 1.26 bits per heavy atom. The van der Waals surface area contributed by atoms with Crippen molar-refractivity contribution in [3.8, 4) is 0 Å². The number of hydrogen-bond acceptors (Lipinski definition) is 2. The first kappa shape index (κ1) is 13.9. The molecule has 1 saturated heterocycles. The lowest BCUT2D eigenvalue weighted by molar-refractivity contribution is 0.249. The van der Waals surface area contributed by atoms with Crippen molar-refractivity contribution in [2.24, 2.45) is 0 Å². The topological polar surface area (TPSA) is 44.4 Å². The van der Waals surface area contributed by atoms with Crippen molar-refractivity contribution in [2.75, 3.05) is 31.5 Å². The molecule has 1 aromatic rings. The van der Waals surface area contributed by atoms with Gasteiger partial charge in [-0.3, -0.25) is 0 Å². The minimum Gasteiger partial charge on any atom is -0.337 e. The molecule has 0 saturated carbocycles. The molecule has 0 bridgehead atoms. The summed E-state index contributed by atoms with van der Waals surface area (Å²) in [4.78, 5) is 14.2. The SMILES string of the molecule is Cc1ccc(NC(=O)NCCN2CCCC2)c(C)c1. The van der Waals surface area contributed by atoms with Gasteiger partial charge in [-0.2, -0.15) is 0 Å². The molecule has 0 unspecified atom stereocenters. The lowest BCUT2D eigenvalue weighted by Gasteiger charge is -2.15. The summed E-state index contributed by atoms with van der Waals surface area (Å²) in [6.07, 6.45) is 2.57. The van der Waals surface area contributed by atoms with Crippen LogP contribution in [0.5, 0.6) is 0 Å². The lowest BCUT2D eigenvalue weighted by atomic mass is 10.1. The number of aryl methyl sites for hydroxylation is 2. The normalized spacial score (nSPS) is 15.5. The lowest BCUT2D eigenvalue weighted by Crippen LogP contribution is -2.36. The van der Waals surface area contributed by atoms with Crippen molar-refractivity contribution >= 4 is 11.7 Å². The van der Waals surface area contributed by atoms with Gasteiger partial charge in [-0.05, 0) is 51.4 Å². The van der Waals surface area contributed by atoms with Crippen molar-refractivity contribution in [1.82, 2.24) is 10.2 Å². The standard InChI is InChI=1S/C15H23N3O/c1-12-5-6-14(13(2)11-12)17-15(19)16-7-10-18-8-3-4-9-18/h5-6,11H,3-4,7-10H2,1-2H3,(H2,16,17,19). The molecule has 104 valence electrons. The van der Waals surface area contributed by atoms with Gasteiger partial charge in [-0.15, -0.1) is 0 Å². The van der Waals surface area contributed by atoms with E-state index in [1.54, 1.807) is 0 Å². The fourth-order valence-corrected chi connectivity index (χ4v) is 2.45. The van der Waals surface area contributed by atoms with E-state index in [1.807, 2.05) is 26.0 Å². The number of benzene rings is 1. The zero-order valence-electron chi connectivity index (χ0n) is 11.8. The molecule has 19 heavy (non-hydrogen) atoms. The Kier molecular flexibility index (Phi) is 4.80. The highest BCUT2D eigenvalue weighted by atomic mass is 16.2. The third-order valence-corrected chi connectivity index (χ3v) is 3.54. The zero-order chi connectivity index (χ0) is 13.7. The fourth-order valence-electron chi connectivity index (χ4n) is 2.45. The number of anilines is 1. The van der Waals surface area contributed by atoms with E-state index in [0.717, 1.165) is 17.8 Å². The van der Waals surface area contributed by atoms with Crippen LogP contribution in [-0.4, -0.2) is 37.1 Å². The molecular weight excluding hydrogens is 238 g/mol. The third kappa shape index (κ3) is 4.24. The summed E-state index contributed by atoms with van der Waals surface area (Å²) in [7, 11) is 0. The predicted molar refractivity (Wildman–Crippen MR) is 78.6 cm³/mol. The van der Waals surface area contributed by atoms with Crippen molar-refractivity contribution in [3.05, 3.63) is 29.3 Å². The number of amides is 2. The second-order valence-electron chi connectivity index (χ2n) is 5.25. The van der Waals surface area contributed by atoms with Crippen LogP contribution in [0.15, 0.2) is 18.2 Å². The van der Waals surface area contributed by atoms with E-state index in [4.69, 9.17) is 0 Å². The molecule has 1 aliphatic heterocycles. The molecule has 0 atom stereocenters. The summed E-state index contributed by atoms with van der Waals surface area (Å²) in [5.74, 6) is 0. The number of carbonyl (C=O) groups excluding carboxylic acids is 1. The molecule has 4 heteroatoms. The largest absolute Gasteiger partial charge is 0.337 e. The fraction of sp³-hybridized carbons (Fsp3) is 0.533. The quantitative estimate of drug-likeness (QED) is 0.874. The van der Waals surface area contributed by atoms with Crippen LogP contribution in [-0.2, 0) is 0 Å². The Balaban J connectivity index is 1.74. The number of nitrogens with one attached hydrogen (secondary N) is 2. The first-order valence-electron chi connectivity index (χ1n) is 6.99. The highest BCUT2D eigenvalue weighted by molar-refractivity contribution is 5.90. The first-order valence-corrected chi connectivity index (χ1v) is 6.99. The van der Waals surface area contributed by atoms with Crippen molar-refractivity contribution < 1.29 is 4.79 Å². The average Bonchev–Trinajstić information content (AvgIpc) is 2.86. The van der Waals surface area contributed by atoms with E-state index < -0.39 is 0 Å². The predicted octanol–water partition coefficient (Wildman–Crippen LogP) is 2.52. The maximum absolute atomic E-state index is 11.8. The number of rotatable bonds is 4. The molecule has 1 heterocycles.